The van der Waals surface area contributed by atoms with Gasteiger partial charge in [0.1, 0.15) is 18.4 Å². The molecule has 1 saturated heterocycles. The first-order valence-corrected chi connectivity index (χ1v) is 11.6. The summed E-state index contributed by atoms with van der Waals surface area (Å²) in [6, 6.07) is 13.2. The quantitative estimate of drug-likeness (QED) is 0.322. The predicted molar refractivity (Wildman–Crippen MR) is 128 cm³/mol. The van der Waals surface area contributed by atoms with Gasteiger partial charge in [-0.3, -0.25) is 14.1 Å². The molecule has 0 aliphatic carbocycles. The van der Waals surface area contributed by atoms with Crippen LogP contribution in [0.5, 0.6) is 5.75 Å². The van der Waals surface area contributed by atoms with Crippen molar-refractivity contribution in [2.45, 2.75) is 26.0 Å². The van der Waals surface area contributed by atoms with Crippen molar-refractivity contribution in [1.29, 1.82) is 0 Å². The Morgan fingerprint density at radius 2 is 1.86 bits per heavy atom. The van der Waals surface area contributed by atoms with Crippen LogP contribution in [0, 0.1) is 0 Å². The van der Waals surface area contributed by atoms with Gasteiger partial charge in [-0.25, -0.2) is 9.59 Å². The number of H-pyrrole nitrogens is 1. The summed E-state index contributed by atoms with van der Waals surface area (Å²) >= 11 is 0. The summed E-state index contributed by atoms with van der Waals surface area (Å²) in [5, 5.41) is 5.24. The van der Waals surface area contributed by atoms with Gasteiger partial charge in [-0.2, -0.15) is 0 Å². The lowest BCUT2D eigenvalue weighted by molar-refractivity contribution is -0.678. The first-order valence-electron chi connectivity index (χ1n) is 11.6. The Morgan fingerprint density at radius 3 is 2.54 bits per heavy atom. The number of esters is 1. The average Bonchev–Trinajstić information content (AvgIpc) is 3.26. The third-order valence-electron chi connectivity index (χ3n) is 5.72. The highest BCUT2D eigenvalue weighted by Gasteiger charge is 2.35. The number of ether oxygens (including phenoxy) is 3. The fraction of sp³-hybridized carbons (Fsp3) is 0.320. The SMILES string of the molecule is CCOC(=O)c1ccc(NC(=O)CC2OCCN(Cc3c(=O)o[nH][n+]3-c3ccc(OC)cc3)C2=O)cc1. The molecule has 37 heavy (non-hydrogen) atoms. The zero-order chi connectivity index (χ0) is 26.4. The van der Waals surface area contributed by atoms with E-state index >= 15 is 0 Å². The van der Waals surface area contributed by atoms with Crippen molar-refractivity contribution in [3.05, 3.63) is 70.2 Å². The van der Waals surface area contributed by atoms with Crippen molar-refractivity contribution in [1.82, 2.24) is 10.2 Å². The molecule has 194 valence electrons. The van der Waals surface area contributed by atoms with Crippen molar-refractivity contribution < 1.29 is 37.8 Å². The van der Waals surface area contributed by atoms with Crippen LogP contribution in [0.2, 0.25) is 0 Å². The molecule has 4 rings (SSSR count). The minimum atomic E-state index is -1.01. The van der Waals surface area contributed by atoms with E-state index in [0.717, 1.165) is 0 Å². The number of amides is 2. The smallest absolute Gasteiger partial charge is 0.432 e. The monoisotopic (exact) mass is 511 g/mol. The van der Waals surface area contributed by atoms with Gasteiger partial charge >= 0.3 is 17.3 Å². The molecule has 1 aliphatic heterocycles. The van der Waals surface area contributed by atoms with Gasteiger partial charge < -0.3 is 24.4 Å². The van der Waals surface area contributed by atoms with Crippen LogP contribution in [-0.2, 0) is 25.6 Å². The highest BCUT2D eigenvalue weighted by molar-refractivity contribution is 5.96. The summed E-state index contributed by atoms with van der Waals surface area (Å²) in [6.45, 7) is 2.40. The van der Waals surface area contributed by atoms with Crippen molar-refractivity contribution in [2.75, 3.05) is 32.2 Å². The number of carbonyl (C=O) groups is 3. The molecule has 0 spiro atoms. The van der Waals surface area contributed by atoms with Crippen molar-refractivity contribution >= 4 is 23.5 Å². The van der Waals surface area contributed by atoms with E-state index < -0.39 is 29.5 Å². The molecule has 1 unspecified atom stereocenters. The molecule has 12 nitrogen and oxygen atoms in total. The highest BCUT2D eigenvalue weighted by atomic mass is 16.5. The summed E-state index contributed by atoms with van der Waals surface area (Å²) in [5.41, 5.74) is 1.04. The number of hydrogen-bond donors (Lipinski definition) is 2. The molecule has 12 heteroatoms. The number of methoxy groups -OCH3 is 1. The van der Waals surface area contributed by atoms with Gasteiger partial charge in [-0.1, -0.05) is 0 Å². The fourth-order valence-electron chi connectivity index (χ4n) is 3.83. The number of nitrogens with one attached hydrogen (secondary N) is 2. The number of rotatable bonds is 9. The number of morpholine rings is 1. The Bertz CT molecular complexity index is 1310. The number of anilines is 1. The number of carbonyl (C=O) groups excluding carboxylic acids is 3. The number of nitrogens with zero attached hydrogens (tertiary/aromatic N) is 2. The molecule has 0 bridgehead atoms. The third-order valence-corrected chi connectivity index (χ3v) is 5.72. The summed E-state index contributed by atoms with van der Waals surface area (Å²) < 4.78 is 22.1. The van der Waals surface area contributed by atoms with Crippen LogP contribution in [0.25, 0.3) is 5.69 Å². The van der Waals surface area contributed by atoms with Crippen LogP contribution in [0.1, 0.15) is 29.4 Å². The Balaban J connectivity index is 1.39. The van der Waals surface area contributed by atoms with Gasteiger partial charge in [0.05, 0.1) is 32.3 Å². The molecular formula is C25H27N4O8+. The molecule has 2 amide bonds. The average molecular weight is 512 g/mol. The van der Waals surface area contributed by atoms with E-state index in [4.69, 9.17) is 18.7 Å². The Hall–Kier alpha value is -4.45. The van der Waals surface area contributed by atoms with Crippen LogP contribution in [0.3, 0.4) is 0 Å². The number of aromatic nitrogens is 2. The summed E-state index contributed by atoms with van der Waals surface area (Å²) in [4.78, 5) is 51.2. The number of benzene rings is 2. The molecule has 1 aliphatic rings. The number of hydrogen-bond acceptors (Lipinski definition) is 8. The van der Waals surface area contributed by atoms with Crippen LogP contribution < -0.4 is 20.4 Å². The van der Waals surface area contributed by atoms with Gasteiger partial charge in [0.2, 0.25) is 11.6 Å². The van der Waals surface area contributed by atoms with Crippen molar-refractivity contribution in [3.63, 3.8) is 0 Å². The highest BCUT2D eigenvalue weighted by Crippen LogP contribution is 2.16. The summed E-state index contributed by atoms with van der Waals surface area (Å²) in [5.74, 6) is -0.651. The van der Waals surface area contributed by atoms with Crippen LogP contribution in [0.15, 0.2) is 57.8 Å². The number of aromatic amines is 1. The second-order valence-electron chi connectivity index (χ2n) is 8.13. The molecule has 3 aromatic rings. The molecule has 2 N–H and O–H groups in total. The summed E-state index contributed by atoms with van der Waals surface area (Å²) in [7, 11) is 1.55. The Morgan fingerprint density at radius 1 is 1.14 bits per heavy atom. The molecule has 1 fully saturated rings. The summed E-state index contributed by atoms with van der Waals surface area (Å²) in [6.07, 6.45) is -1.22. The van der Waals surface area contributed by atoms with E-state index in [1.807, 2.05) is 0 Å². The zero-order valence-corrected chi connectivity index (χ0v) is 20.4. The van der Waals surface area contributed by atoms with E-state index in [1.165, 1.54) is 21.7 Å². The van der Waals surface area contributed by atoms with E-state index in [9.17, 15) is 19.2 Å². The van der Waals surface area contributed by atoms with E-state index in [-0.39, 0.29) is 38.4 Å². The molecule has 2 aromatic carbocycles. The molecule has 1 aromatic heterocycles. The Labute approximate surface area is 211 Å². The minimum absolute atomic E-state index is 0.0342. The maximum Gasteiger partial charge on any atom is 0.432 e. The van der Waals surface area contributed by atoms with Crippen LogP contribution in [0.4, 0.5) is 5.69 Å². The van der Waals surface area contributed by atoms with Crippen LogP contribution >= 0.6 is 0 Å². The third kappa shape index (κ3) is 6.04. The van der Waals surface area contributed by atoms with E-state index in [0.29, 0.717) is 22.7 Å². The predicted octanol–water partition coefficient (Wildman–Crippen LogP) is 1.19. The van der Waals surface area contributed by atoms with Crippen molar-refractivity contribution in [3.8, 4) is 11.4 Å². The standard InChI is InChI=1S/C25H26N4O8/c1-3-35-24(32)16-4-6-17(7-5-16)26-22(30)14-21-23(31)28(12-13-36-21)15-20-25(33)37-27-29(20)18-8-10-19(34-2)11-9-18/h4-11,21H,3,12-15H2,1-2H3,(H-,26,27,30,32,33)/p+1. The second-order valence-corrected chi connectivity index (χ2v) is 8.13. The molecular weight excluding hydrogens is 484 g/mol. The fourth-order valence-corrected chi connectivity index (χ4v) is 3.83. The van der Waals surface area contributed by atoms with E-state index in [1.54, 1.807) is 50.4 Å². The topological polar surface area (TPSA) is 144 Å². The molecule has 0 radical (unpaired) electrons. The van der Waals surface area contributed by atoms with Gasteiger partial charge in [0, 0.05) is 24.4 Å². The Kier molecular flexibility index (Phi) is 7.98. The lowest BCUT2D eigenvalue weighted by Crippen LogP contribution is -2.51. The second kappa shape index (κ2) is 11.5. The maximum absolute atomic E-state index is 13.1. The lowest BCUT2D eigenvalue weighted by Gasteiger charge is -2.30. The van der Waals surface area contributed by atoms with E-state index in [2.05, 4.69) is 10.6 Å². The van der Waals surface area contributed by atoms with Gasteiger partial charge in [0.15, 0.2) is 0 Å². The molecule has 0 saturated carbocycles. The van der Waals surface area contributed by atoms with Gasteiger partial charge in [0.25, 0.3) is 5.91 Å². The first kappa shape index (κ1) is 25.6. The normalized spacial score (nSPS) is 15.4. The van der Waals surface area contributed by atoms with Gasteiger partial charge in [-0.05, 0) is 53.3 Å². The maximum atomic E-state index is 13.1. The first-order chi connectivity index (χ1) is 17.9. The largest absolute Gasteiger partial charge is 0.497 e. The van der Waals surface area contributed by atoms with Crippen molar-refractivity contribution in [2.24, 2.45) is 0 Å². The van der Waals surface area contributed by atoms with Gasteiger partial charge in [-0.15, -0.1) is 0 Å². The molecule has 1 atom stereocenters. The lowest BCUT2D eigenvalue weighted by atomic mass is 10.1. The van der Waals surface area contributed by atoms with Crippen LogP contribution in [-0.4, -0.2) is 60.9 Å². The molecule has 2 heterocycles. The zero-order valence-electron chi connectivity index (χ0n) is 20.4. The minimum Gasteiger partial charge on any atom is -0.497 e.